The monoisotopic (exact) mass is 191 g/mol. The largest absolute Gasteiger partial charge is 0.352 e. The van der Waals surface area contributed by atoms with Gasteiger partial charge in [-0.25, -0.2) is 0 Å². The quantitative estimate of drug-likeness (QED) is 0.769. The number of amides is 1. The van der Waals surface area contributed by atoms with E-state index >= 15 is 0 Å². The Balaban J connectivity index is 2.24. The van der Waals surface area contributed by atoms with E-state index in [1.54, 1.807) is 12.4 Å². The van der Waals surface area contributed by atoms with Gasteiger partial charge in [0.2, 0.25) is 5.91 Å². The van der Waals surface area contributed by atoms with Crippen molar-refractivity contribution >= 4 is 5.91 Å². The Morgan fingerprint density at radius 2 is 2.14 bits per heavy atom. The molecular formula is C11H15N2O. The molecule has 3 nitrogen and oxygen atoms in total. The first kappa shape index (κ1) is 10.7. The molecule has 1 rings (SSSR count). The summed E-state index contributed by atoms with van der Waals surface area (Å²) in [5.41, 5.74) is 1.07. The molecule has 0 unspecified atom stereocenters. The summed E-state index contributed by atoms with van der Waals surface area (Å²) in [6.07, 6.45) is 5.66. The molecule has 0 saturated carbocycles. The Bertz CT molecular complexity index is 272. The summed E-state index contributed by atoms with van der Waals surface area (Å²) in [4.78, 5) is 15.1. The number of pyridine rings is 1. The summed E-state index contributed by atoms with van der Waals surface area (Å²) in [5, 5.41) is 2.84. The molecule has 75 valence electrons. The molecule has 0 bridgehead atoms. The first-order valence-electron chi connectivity index (χ1n) is 4.78. The lowest BCUT2D eigenvalue weighted by molar-refractivity contribution is -0.121. The van der Waals surface area contributed by atoms with Crippen LogP contribution in [-0.2, 0) is 11.3 Å². The zero-order valence-corrected chi connectivity index (χ0v) is 8.20. The van der Waals surface area contributed by atoms with Crippen LogP contribution in [0.25, 0.3) is 0 Å². The Morgan fingerprint density at radius 1 is 1.43 bits per heavy atom. The summed E-state index contributed by atoms with van der Waals surface area (Å²) in [5.74, 6) is 0.0884. The fourth-order valence-corrected chi connectivity index (χ4v) is 1.08. The molecule has 0 saturated heterocycles. The fraction of sp³-hybridized carbons (Fsp3) is 0.364. The number of aromatic nitrogens is 1. The van der Waals surface area contributed by atoms with E-state index < -0.39 is 0 Å². The van der Waals surface area contributed by atoms with Gasteiger partial charge >= 0.3 is 0 Å². The van der Waals surface area contributed by atoms with E-state index in [0.29, 0.717) is 13.0 Å². The summed E-state index contributed by atoms with van der Waals surface area (Å²) < 4.78 is 0. The van der Waals surface area contributed by atoms with Gasteiger partial charge in [0.15, 0.2) is 0 Å². The molecule has 3 heteroatoms. The van der Waals surface area contributed by atoms with Crippen LogP contribution in [0.3, 0.4) is 0 Å². The van der Waals surface area contributed by atoms with Crippen molar-refractivity contribution in [2.45, 2.75) is 25.8 Å². The van der Waals surface area contributed by atoms with Crippen LogP contribution in [0.1, 0.15) is 24.8 Å². The first-order valence-corrected chi connectivity index (χ1v) is 4.78. The molecule has 0 spiro atoms. The van der Waals surface area contributed by atoms with Crippen LogP contribution in [0.15, 0.2) is 24.5 Å². The molecule has 0 aliphatic heterocycles. The summed E-state index contributed by atoms with van der Waals surface area (Å²) >= 11 is 0. The van der Waals surface area contributed by atoms with Crippen LogP contribution in [-0.4, -0.2) is 10.9 Å². The molecule has 0 aliphatic carbocycles. The van der Waals surface area contributed by atoms with Gasteiger partial charge in [0.05, 0.1) is 0 Å². The van der Waals surface area contributed by atoms with Gasteiger partial charge < -0.3 is 5.32 Å². The van der Waals surface area contributed by atoms with Crippen molar-refractivity contribution in [2.24, 2.45) is 0 Å². The number of hydrogen-bond donors (Lipinski definition) is 1. The molecule has 0 fully saturated rings. The van der Waals surface area contributed by atoms with Gasteiger partial charge in [0.1, 0.15) is 0 Å². The lowest BCUT2D eigenvalue weighted by atomic mass is 10.2. The van der Waals surface area contributed by atoms with Crippen molar-refractivity contribution in [2.75, 3.05) is 0 Å². The molecule has 1 aromatic rings. The second kappa shape index (κ2) is 6.13. The van der Waals surface area contributed by atoms with Crippen LogP contribution in [0, 0.1) is 6.92 Å². The van der Waals surface area contributed by atoms with E-state index in [2.05, 4.69) is 17.2 Å². The number of nitrogens with one attached hydrogen (secondary N) is 1. The van der Waals surface area contributed by atoms with Crippen molar-refractivity contribution in [3.63, 3.8) is 0 Å². The SMILES string of the molecule is [CH2]CCCC(=O)NCc1ccncc1. The zero-order chi connectivity index (χ0) is 10.2. The molecular weight excluding hydrogens is 176 g/mol. The van der Waals surface area contributed by atoms with Crippen molar-refractivity contribution in [3.8, 4) is 0 Å². The van der Waals surface area contributed by atoms with Crippen molar-refractivity contribution < 1.29 is 4.79 Å². The number of hydrogen-bond acceptors (Lipinski definition) is 2. The van der Waals surface area contributed by atoms with Gasteiger partial charge in [-0.1, -0.05) is 13.3 Å². The average molecular weight is 191 g/mol. The fourth-order valence-electron chi connectivity index (χ4n) is 1.08. The molecule has 1 amide bonds. The van der Waals surface area contributed by atoms with E-state index in [1.807, 2.05) is 12.1 Å². The Kier molecular flexibility index (Phi) is 4.69. The van der Waals surface area contributed by atoms with Gasteiger partial charge in [0.25, 0.3) is 0 Å². The minimum absolute atomic E-state index is 0.0884. The lowest BCUT2D eigenvalue weighted by Crippen LogP contribution is -2.22. The van der Waals surface area contributed by atoms with Crippen molar-refractivity contribution in [3.05, 3.63) is 37.0 Å². The highest BCUT2D eigenvalue weighted by molar-refractivity contribution is 5.75. The maximum absolute atomic E-state index is 11.2. The van der Waals surface area contributed by atoms with Crippen LogP contribution in [0.5, 0.6) is 0 Å². The molecule has 14 heavy (non-hydrogen) atoms. The van der Waals surface area contributed by atoms with Gasteiger partial charge in [-0.3, -0.25) is 9.78 Å². The van der Waals surface area contributed by atoms with Crippen LogP contribution >= 0.6 is 0 Å². The molecule has 1 N–H and O–H groups in total. The summed E-state index contributed by atoms with van der Waals surface area (Å²) in [6.45, 7) is 4.27. The summed E-state index contributed by atoms with van der Waals surface area (Å²) in [7, 11) is 0. The Labute approximate surface area is 84.6 Å². The van der Waals surface area contributed by atoms with E-state index in [0.717, 1.165) is 18.4 Å². The number of rotatable bonds is 5. The van der Waals surface area contributed by atoms with E-state index in [4.69, 9.17) is 0 Å². The zero-order valence-electron chi connectivity index (χ0n) is 8.20. The van der Waals surface area contributed by atoms with Crippen LogP contribution in [0.4, 0.5) is 0 Å². The van der Waals surface area contributed by atoms with E-state index in [1.165, 1.54) is 0 Å². The minimum atomic E-state index is 0.0884. The highest BCUT2D eigenvalue weighted by atomic mass is 16.1. The number of carbonyl (C=O) groups is 1. The molecule has 1 heterocycles. The Morgan fingerprint density at radius 3 is 2.79 bits per heavy atom. The number of carbonyl (C=O) groups excluding carboxylic acids is 1. The number of unbranched alkanes of at least 4 members (excludes halogenated alkanes) is 1. The maximum Gasteiger partial charge on any atom is 0.220 e. The molecule has 1 aromatic heterocycles. The standard InChI is InChI=1S/C11H15N2O/c1-2-3-4-11(14)13-9-10-5-7-12-8-6-10/h5-8H,1-4,9H2,(H,13,14). The third kappa shape index (κ3) is 4.03. The molecule has 1 radical (unpaired) electrons. The third-order valence-electron chi connectivity index (χ3n) is 1.89. The van der Waals surface area contributed by atoms with Crippen molar-refractivity contribution in [1.29, 1.82) is 0 Å². The average Bonchev–Trinajstić information content (AvgIpc) is 2.25. The van der Waals surface area contributed by atoms with Crippen molar-refractivity contribution in [1.82, 2.24) is 10.3 Å². The predicted molar refractivity (Wildman–Crippen MR) is 55.3 cm³/mol. The molecule has 0 aromatic carbocycles. The first-order chi connectivity index (χ1) is 6.83. The second-order valence-electron chi connectivity index (χ2n) is 3.09. The summed E-state index contributed by atoms with van der Waals surface area (Å²) in [6, 6.07) is 3.78. The smallest absolute Gasteiger partial charge is 0.220 e. The topological polar surface area (TPSA) is 42.0 Å². The number of nitrogens with zero attached hydrogens (tertiary/aromatic N) is 1. The van der Waals surface area contributed by atoms with Gasteiger partial charge in [-0.15, -0.1) is 0 Å². The predicted octanol–water partition coefficient (Wildman–Crippen LogP) is 1.70. The lowest BCUT2D eigenvalue weighted by Gasteiger charge is -2.03. The molecule has 0 atom stereocenters. The minimum Gasteiger partial charge on any atom is -0.352 e. The Hall–Kier alpha value is -1.38. The van der Waals surface area contributed by atoms with Gasteiger partial charge in [-0.2, -0.15) is 0 Å². The van der Waals surface area contributed by atoms with E-state index in [9.17, 15) is 4.79 Å². The van der Waals surface area contributed by atoms with Gasteiger partial charge in [-0.05, 0) is 24.1 Å². The highest BCUT2D eigenvalue weighted by Gasteiger charge is 1.99. The van der Waals surface area contributed by atoms with E-state index in [-0.39, 0.29) is 5.91 Å². The van der Waals surface area contributed by atoms with Crippen LogP contribution < -0.4 is 5.32 Å². The highest BCUT2D eigenvalue weighted by Crippen LogP contribution is 1.97. The maximum atomic E-state index is 11.2. The third-order valence-corrected chi connectivity index (χ3v) is 1.89. The van der Waals surface area contributed by atoms with Gasteiger partial charge in [0, 0.05) is 25.4 Å². The molecule has 0 aliphatic rings. The normalized spacial score (nSPS) is 9.79. The second-order valence-corrected chi connectivity index (χ2v) is 3.09. The van der Waals surface area contributed by atoms with Crippen LogP contribution in [0.2, 0.25) is 0 Å².